The van der Waals surface area contributed by atoms with E-state index in [1.165, 1.54) is 25.3 Å². The van der Waals surface area contributed by atoms with Gasteiger partial charge in [0.15, 0.2) is 4.34 Å². The molecule has 1 aromatic heterocycles. The number of ether oxygens (including phenoxy) is 1. The third-order valence-electron chi connectivity index (χ3n) is 4.41. The van der Waals surface area contributed by atoms with Crippen molar-refractivity contribution in [2.45, 2.75) is 23.1 Å². The molecule has 0 atom stereocenters. The highest BCUT2D eigenvalue weighted by Crippen LogP contribution is 2.28. The minimum absolute atomic E-state index is 0.0275. The number of sulfonamides is 1. The van der Waals surface area contributed by atoms with Crippen molar-refractivity contribution in [1.82, 2.24) is 10.2 Å². The standard InChI is InChI=1S/C20H19ClN4O5S3/c1-11-4-6-14(8-12(11)2)25-33(28,29)16-9-13(5-7-15(16)21)18(27)22-19-23-24-20(32-19)31-10-17(26)30-3/h4-9,25H,10H2,1-3H3,(H,22,23,27). The van der Waals surface area contributed by atoms with E-state index in [4.69, 9.17) is 11.6 Å². The maximum absolute atomic E-state index is 12.9. The first-order chi connectivity index (χ1) is 15.6. The molecule has 0 aliphatic heterocycles. The Labute approximate surface area is 204 Å². The minimum atomic E-state index is -4.05. The molecule has 0 saturated carbocycles. The molecule has 0 aliphatic carbocycles. The lowest BCUT2D eigenvalue weighted by Crippen LogP contribution is -2.16. The molecule has 0 bridgehead atoms. The molecule has 9 nitrogen and oxygen atoms in total. The molecule has 3 rings (SSSR count). The fraction of sp³-hybridized carbons (Fsp3) is 0.200. The highest BCUT2D eigenvalue weighted by molar-refractivity contribution is 8.01. The minimum Gasteiger partial charge on any atom is -0.468 e. The van der Waals surface area contributed by atoms with Crippen LogP contribution in [0.2, 0.25) is 5.02 Å². The van der Waals surface area contributed by atoms with Gasteiger partial charge in [-0.3, -0.25) is 19.6 Å². The van der Waals surface area contributed by atoms with Gasteiger partial charge in [0.05, 0.1) is 17.9 Å². The predicted octanol–water partition coefficient (Wildman–Crippen LogP) is 4.13. The van der Waals surface area contributed by atoms with E-state index in [2.05, 4.69) is 25.0 Å². The van der Waals surface area contributed by atoms with Crippen molar-refractivity contribution in [3.63, 3.8) is 0 Å². The predicted molar refractivity (Wildman–Crippen MR) is 129 cm³/mol. The number of hydrogen-bond acceptors (Lipinski definition) is 9. The van der Waals surface area contributed by atoms with Gasteiger partial charge in [-0.15, -0.1) is 10.2 Å². The normalized spacial score (nSPS) is 11.2. The number of carbonyl (C=O) groups is 2. The summed E-state index contributed by atoms with van der Waals surface area (Å²) in [7, 11) is -2.77. The lowest BCUT2D eigenvalue weighted by atomic mass is 10.1. The number of rotatable bonds is 8. The number of aromatic nitrogens is 2. The van der Waals surface area contributed by atoms with Crippen molar-refractivity contribution in [2.24, 2.45) is 0 Å². The van der Waals surface area contributed by atoms with Gasteiger partial charge in [-0.2, -0.15) is 0 Å². The number of nitrogens with one attached hydrogen (secondary N) is 2. The Bertz CT molecular complexity index is 1310. The van der Waals surface area contributed by atoms with E-state index in [-0.39, 0.29) is 26.4 Å². The lowest BCUT2D eigenvalue weighted by Gasteiger charge is -2.12. The Kier molecular flexibility index (Phi) is 7.95. The highest BCUT2D eigenvalue weighted by Gasteiger charge is 2.21. The highest BCUT2D eigenvalue weighted by atomic mass is 35.5. The van der Waals surface area contributed by atoms with Crippen molar-refractivity contribution < 1.29 is 22.7 Å². The topological polar surface area (TPSA) is 127 Å². The molecule has 0 spiro atoms. The molecule has 13 heteroatoms. The van der Waals surface area contributed by atoms with Crippen molar-refractivity contribution in [3.05, 3.63) is 58.1 Å². The number of nitrogens with zero attached hydrogens (tertiary/aromatic N) is 2. The van der Waals surface area contributed by atoms with E-state index in [0.717, 1.165) is 34.2 Å². The summed E-state index contributed by atoms with van der Waals surface area (Å²) in [5.41, 5.74) is 2.41. The monoisotopic (exact) mass is 526 g/mol. The fourth-order valence-electron chi connectivity index (χ4n) is 2.53. The second-order valence-electron chi connectivity index (χ2n) is 6.74. The van der Waals surface area contributed by atoms with Crippen molar-refractivity contribution >= 4 is 67.4 Å². The average molecular weight is 527 g/mol. The molecule has 0 aliphatic rings. The van der Waals surface area contributed by atoms with Gasteiger partial charge < -0.3 is 4.74 Å². The van der Waals surface area contributed by atoms with Crippen LogP contribution in [0.3, 0.4) is 0 Å². The van der Waals surface area contributed by atoms with Crippen LogP contribution in [0.25, 0.3) is 0 Å². The summed E-state index contributed by atoms with van der Waals surface area (Å²) in [6, 6.07) is 9.09. The number of halogens is 1. The molecule has 2 N–H and O–H groups in total. The summed E-state index contributed by atoms with van der Waals surface area (Å²) in [5, 5.41) is 10.5. The molecular weight excluding hydrogens is 508 g/mol. The Balaban J connectivity index is 1.76. The van der Waals surface area contributed by atoms with Gasteiger partial charge in [-0.05, 0) is 55.3 Å². The Morgan fingerprint density at radius 3 is 2.58 bits per heavy atom. The molecule has 0 radical (unpaired) electrons. The van der Waals surface area contributed by atoms with Crippen molar-refractivity contribution in [3.8, 4) is 0 Å². The third kappa shape index (κ3) is 6.44. The van der Waals surface area contributed by atoms with Crippen LogP contribution in [0, 0.1) is 13.8 Å². The quantitative estimate of drug-likeness (QED) is 0.255. The first kappa shape index (κ1) is 25.0. The number of carbonyl (C=O) groups excluding carboxylic acids is 2. The first-order valence-corrected chi connectivity index (χ1v) is 13.0. The maximum atomic E-state index is 12.9. The van der Waals surface area contributed by atoms with Gasteiger partial charge >= 0.3 is 5.97 Å². The smallest absolute Gasteiger partial charge is 0.316 e. The number of thioether (sulfide) groups is 1. The zero-order valence-electron chi connectivity index (χ0n) is 17.7. The Morgan fingerprint density at radius 1 is 1.12 bits per heavy atom. The van der Waals surface area contributed by atoms with Gasteiger partial charge in [-0.25, -0.2) is 8.42 Å². The summed E-state index contributed by atoms with van der Waals surface area (Å²) in [6.45, 7) is 3.79. The van der Waals surface area contributed by atoms with Crippen LogP contribution in [-0.2, 0) is 19.6 Å². The van der Waals surface area contributed by atoms with Crippen LogP contribution in [0.5, 0.6) is 0 Å². The second kappa shape index (κ2) is 10.5. The molecule has 0 unspecified atom stereocenters. The largest absolute Gasteiger partial charge is 0.468 e. The molecule has 2 aromatic carbocycles. The summed E-state index contributed by atoms with van der Waals surface area (Å²) in [4.78, 5) is 23.6. The number of hydrogen-bond donors (Lipinski definition) is 2. The number of esters is 1. The molecule has 1 heterocycles. The van der Waals surface area contributed by atoms with Gasteiger partial charge in [0.1, 0.15) is 4.90 Å². The molecule has 0 fully saturated rings. The number of aryl methyl sites for hydroxylation is 2. The number of anilines is 2. The first-order valence-electron chi connectivity index (χ1n) is 9.33. The number of methoxy groups -OCH3 is 1. The van der Waals surface area contributed by atoms with Crippen molar-refractivity contribution in [1.29, 1.82) is 0 Å². The maximum Gasteiger partial charge on any atom is 0.316 e. The van der Waals surface area contributed by atoms with Gasteiger partial charge in [-0.1, -0.05) is 40.8 Å². The molecule has 0 saturated heterocycles. The summed E-state index contributed by atoms with van der Waals surface area (Å²) in [6.07, 6.45) is 0. The van der Waals surface area contributed by atoms with Crippen LogP contribution >= 0.6 is 34.7 Å². The fourth-order valence-corrected chi connectivity index (χ4v) is 5.69. The Hall–Kier alpha value is -2.67. The van der Waals surface area contributed by atoms with Crippen LogP contribution in [-0.4, -0.2) is 43.4 Å². The number of amides is 1. The van der Waals surface area contributed by atoms with Gasteiger partial charge in [0, 0.05) is 11.3 Å². The summed E-state index contributed by atoms with van der Waals surface area (Å²) in [5.74, 6) is -0.939. The van der Waals surface area contributed by atoms with Crippen LogP contribution in [0.4, 0.5) is 10.8 Å². The Morgan fingerprint density at radius 2 is 1.88 bits per heavy atom. The molecule has 174 valence electrons. The average Bonchev–Trinajstić information content (AvgIpc) is 3.21. The van der Waals surface area contributed by atoms with E-state index in [0.29, 0.717) is 10.0 Å². The van der Waals surface area contributed by atoms with E-state index in [1.54, 1.807) is 18.2 Å². The van der Waals surface area contributed by atoms with E-state index >= 15 is 0 Å². The molecule has 33 heavy (non-hydrogen) atoms. The lowest BCUT2D eigenvalue weighted by molar-refractivity contribution is -0.137. The third-order valence-corrected chi connectivity index (χ3v) is 8.22. The summed E-state index contributed by atoms with van der Waals surface area (Å²) < 4.78 is 33.3. The SMILES string of the molecule is COC(=O)CSc1nnc(NC(=O)c2ccc(Cl)c(S(=O)(=O)Nc3ccc(C)c(C)c3)c2)s1. The van der Waals surface area contributed by atoms with Crippen molar-refractivity contribution in [2.75, 3.05) is 22.9 Å². The second-order valence-corrected chi connectivity index (χ2v) is 11.0. The zero-order valence-corrected chi connectivity index (χ0v) is 20.9. The van der Waals surface area contributed by atoms with Gasteiger partial charge in [0.2, 0.25) is 5.13 Å². The molecular formula is C20H19ClN4O5S3. The molecule has 3 aromatic rings. The van der Waals surface area contributed by atoms with E-state index < -0.39 is 21.9 Å². The van der Waals surface area contributed by atoms with E-state index in [9.17, 15) is 18.0 Å². The van der Waals surface area contributed by atoms with Crippen LogP contribution in [0.1, 0.15) is 21.5 Å². The number of benzene rings is 2. The van der Waals surface area contributed by atoms with Gasteiger partial charge in [0.25, 0.3) is 15.9 Å². The molecule has 1 amide bonds. The zero-order chi connectivity index (χ0) is 24.2. The van der Waals surface area contributed by atoms with Crippen LogP contribution in [0.15, 0.2) is 45.6 Å². The van der Waals surface area contributed by atoms with E-state index in [1.807, 2.05) is 13.8 Å². The summed E-state index contributed by atoms with van der Waals surface area (Å²) >= 11 is 8.32. The van der Waals surface area contributed by atoms with Crippen LogP contribution < -0.4 is 10.0 Å².